The molecule has 2 aliphatic heterocycles. The zero-order valence-electron chi connectivity index (χ0n) is 17.7. The van der Waals surface area contributed by atoms with Crippen LogP contribution in [0.25, 0.3) is 11.3 Å². The third-order valence-corrected chi connectivity index (χ3v) is 5.84. The van der Waals surface area contributed by atoms with E-state index in [1.165, 1.54) is 11.3 Å². The van der Waals surface area contributed by atoms with Crippen molar-refractivity contribution in [2.75, 3.05) is 30.4 Å². The second kappa shape index (κ2) is 8.46. The van der Waals surface area contributed by atoms with Crippen LogP contribution in [0.5, 0.6) is 0 Å². The summed E-state index contributed by atoms with van der Waals surface area (Å²) in [5, 5.41) is 12.7. The summed E-state index contributed by atoms with van der Waals surface area (Å²) in [6.07, 6.45) is 4.49. The molecular weight excluding hydrogens is 412 g/mol. The minimum Gasteiger partial charge on any atom is -0.465 e. The van der Waals surface area contributed by atoms with Crippen molar-refractivity contribution in [2.24, 2.45) is 0 Å². The van der Waals surface area contributed by atoms with Gasteiger partial charge in [-0.15, -0.1) is 0 Å². The van der Waals surface area contributed by atoms with Crippen molar-refractivity contribution in [1.82, 2.24) is 19.9 Å². The molecule has 10 nitrogen and oxygen atoms in total. The molecule has 1 atom stereocenters. The predicted molar refractivity (Wildman–Crippen MR) is 117 cm³/mol. The van der Waals surface area contributed by atoms with Gasteiger partial charge in [-0.3, -0.25) is 0 Å². The van der Waals surface area contributed by atoms with E-state index in [1.807, 2.05) is 36.2 Å². The van der Waals surface area contributed by atoms with Crippen LogP contribution in [0, 0.1) is 0 Å². The Morgan fingerprint density at radius 3 is 2.81 bits per heavy atom. The van der Waals surface area contributed by atoms with E-state index < -0.39 is 6.09 Å². The van der Waals surface area contributed by atoms with E-state index in [4.69, 9.17) is 19.1 Å². The monoisotopic (exact) mass is 436 g/mol. The Hall–Kier alpha value is -3.66. The number of nitrogens with one attached hydrogen (secondary N) is 1. The summed E-state index contributed by atoms with van der Waals surface area (Å²) in [6.45, 7) is 1.39. The maximum absolute atomic E-state index is 11.5. The van der Waals surface area contributed by atoms with E-state index in [9.17, 15) is 9.90 Å². The summed E-state index contributed by atoms with van der Waals surface area (Å²) >= 11 is 0. The summed E-state index contributed by atoms with van der Waals surface area (Å²) < 4.78 is 11.2. The van der Waals surface area contributed by atoms with Gasteiger partial charge in [-0.1, -0.05) is 0 Å². The number of anilines is 3. The van der Waals surface area contributed by atoms with Crippen LogP contribution < -0.4 is 10.2 Å². The predicted octanol–water partition coefficient (Wildman–Crippen LogP) is 3.48. The first kappa shape index (κ1) is 20.3. The van der Waals surface area contributed by atoms with Crippen LogP contribution in [0.3, 0.4) is 0 Å². The molecule has 1 unspecified atom stereocenters. The molecule has 0 saturated carbocycles. The van der Waals surface area contributed by atoms with Crippen LogP contribution >= 0.6 is 0 Å². The van der Waals surface area contributed by atoms with Crippen molar-refractivity contribution in [1.29, 1.82) is 0 Å². The lowest BCUT2D eigenvalue weighted by atomic mass is 10.1. The largest absolute Gasteiger partial charge is 0.465 e. The maximum atomic E-state index is 11.5. The number of benzene rings is 1. The molecule has 4 heterocycles. The average molecular weight is 436 g/mol. The van der Waals surface area contributed by atoms with Crippen LogP contribution in [0.2, 0.25) is 0 Å². The summed E-state index contributed by atoms with van der Waals surface area (Å²) in [7, 11) is 1.94. The van der Waals surface area contributed by atoms with Crippen LogP contribution in [0.15, 0.2) is 41.3 Å². The van der Waals surface area contributed by atoms with Gasteiger partial charge in [0.1, 0.15) is 12.0 Å². The molecular formula is C22H24N6O4. The van der Waals surface area contributed by atoms with E-state index in [0.717, 1.165) is 35.3 Å². The minimum atomic E-state index is -0.935. The molecule has 10 heteroatoms. The number of hydrogen-bond donors (Lipinski definition) is 2. The highest BCUT2D eigenvalue weighted by Crippen LogP contribution is 2.31. The van der Waals surface area contributed by atoms with Gasteiger partial charge in [-0.05, 0) is 37.1 Å². The Balaban J connectivity index is 1.45. The number of carboxylic acid groups (broad SMARTS) is 1. The molecule has 1 amide bonds. The Bertz CT molecular complexity index is 1100. The summed E-state index contributed by atoms with van der Waals surface area (Å²) in [5.74, 6) is 1.87. The van der Waals surface area contributed by atoms with Gasteiger partial charge in [0, 0.05) is 43.4 Å². The summed E-state index contributed by atoms with van der Waals surface area (Å²) in [5.41, 5.74) is 3.45. The highest BCUT2D eigenvalue weighted by molar-refractivity contribution is 5.67. The second-order valence-electron chi connectivity index (χ2n) is 7.90. The summed E-state index contributed by atoms with van der Waals surface area (Å²) in [4.78, 5) is 28.4. The van der Waals surface area contributed by atoms with E-state index >= 15 is 0 Å². The standard InChI is InChI=1S/C22H24N6O4/c1-27(19-3-2-10-31-19)20-16-12-28(22(29)30)9-8-17(16)25-21(26-20)24-15-6-4-14(5-7-15)18-11-23-13-32-18/h4-7,11,13,19H,2-3,8-10,12H2,1H3,(H,29,30)(H,24,25,26). The highest BCUT2D eigenvalue weighted by atomic mass is 16.5. The van der Waals surface area contributed by atoms with Crippen LogP contribution in [-0.2, 0) is 17.7 Å². The lowest BCUT2D eigenvalue weighted by Crippen LogP contribution is -2.38. The van der Waals surface area contributed by atoms with Crippen molar-refractivity contribution in [3.8, 4) is 11.3 Å². The first-order valence-electron chi connectivity index (χ1n) is 10.6. The summed E-state index contributed by atoms with van der Waals surface area (Å²) in [6, 6.07) is 7.73. The number of aromatic nitrogens is 3. The fourth-order valence-electron chi connectivity index (χ4n) is 4.12. The molecule has 0 spiro atoms. The van der Waals surface area contributed by atoms with Crippen molar-refractivity contribution in [2.45, 2.75) is 32.0 Å². The number of ether oxygens (including phenoxy) is 1. The van der Waals surface area contributed by atoms with Gasteiger partial charge >= 0.3 is 6.09 Å². The van der Waals surface area contributed by atoms with Crippen LogP contribution in [0.4, 0.5) is 22.2 Å². The van der Waals surface area contributed by atoms with E-state index in [0.29, 0.717) is 37.1 Å². The van der Waals surface area contributed by atoms with Crippen molar-refractivity contribution < 1.29 is 19.1 Å². The topological polar surface area (TPSA) is 117 Å². The number of fused-ring (bicyclic) bond motifs is 1. The first-order chi connectivity index (χ1) is 15.6. The van der Waals surface area contributed by atoms with Gasteiger partial charge in [0.2, 0.25) is 5.95 Å². The molecule has 0 bridgehead atoms. The lowest BCUT2D eigenvalue weighted by Gasteiger charge is -2.32. The third kappa shape index (κ3) is 3.96. The second-order valence-corrected chi connectivity index (χ2v) is 7.90. The number of rotatable bonds is 5. The number of oxazole rings is 1. The van der Waals surface area contributed by atoms with Crippen molar-refractivity contribution in [3.63, 3.8) is 0 Å². The Kier molecular flexibility index (Phi) is 5.36. The molecule has 0 radical (unpaired) electrons. The van der Waals surface area contributed by atoms with Gasteiger partial charge < -0.3 is 29.4 Å². The molecule has 1 saturated heterocycles. The molecule has 1 fully saturated rings. The molecule has 5 rings (SSSR count). The molecule has 32 heavy (non-hydrogen) atoms. The zero-order valence-corrected chi connectivity index (χ0v) is 17.7. The van der Waals surface area contributed by atoms with Crippen LogP contribution in [0.1, 0.15) is 24.1 Å². The van der Waals surface area contributed by atoms with Crippen molar-refractivity contribution in [3.05, 3.63) is 48.1 Å². The van der Waals surface area contributed by atoms with Gasteiger partial charge in [0.05, 0.1) is 18.4 Å². The Morgan fingerprint density at radius 1 is 1.28 bits per heavy atom. The minimum absolute atomic E-state index is 0.0803. The normalized spacial score (nSPS) is 17.8. The lowest BCUT2D eigenvalue weighted by molar-refractivity contribution is 0.110. The number of amides is 1. The van der Waals surface area contributed by atoms with Gasteiger partial charge in [-0.2, -0.15) is 4.98 Å². The average Bonchev–Trinajstić information content (AvgIpc) is 3.53. The molecule has 2 aliphatic rings. The first-order valence-corrected chi connectivity index (χ1v) is 10.6. The zero-order chi connectivity index (χ0) is 22.1. The van der Waals surface area contributed by atoms with Crippen LogP contribution in [-0.4, -0.2) is 57.5 Å². The Labute approximate surface area is 184 Å². The number of nitrogens with zero attached hydrogens (tertiary/aromatic N) is 5. The SMILES string of the molecule is CN(c1nc(Nc2ccc(-c3cnco3)cc2)nc2c1CN(C(=O)O)CC2)C1CCCO1. The number of carbonyl (C=O) groups is 1. The quantitative estimate of drug-likeness (QED) is 0.620. The van der Waals surface area contributed by atoms with Gasteiger partial charge in [0.15, 0.2) is 12.2 Å². The fraction of sp³-hybridized carbons (Fsp3) is 0.364. The number of hydrogen-bond acceptors (Lipinski definition) is 8. The molecule has 166 valence electrons. The van der Waals surface area contributed by atoms with E-state index in [2.05, 4.69) is 10.3 Å². The van der Waals surface area contributed by atoms with Crippen molar-refractivity contribution >= 4 is 23.5 Å². The molecule has 2 aromatic heterocycles. The smallest absolute Gasteiger partial charge is 0.407 e. The van der Waals surface area contributed by atoms with E-state index in [1.54, 1.807) is 6.20 Å². The molecule has 2 N–H and O–H groups in total. The molecule has 1 aromatic carbocycles. The molecule has 0 aliphatic carbocycles. The van der Waals surface area contributed by atoms with Gasteiger partial charge in [-0.25, -0.2) is 14.8 Å². The fourth-order valence-corrected chi connectivity index (χ4v) is 4.12. The Morgan fingerprint density at radius 2 is 2.12 bits per heavy atom. The third-order valence-electron chi connectivity index (χ3n) is 5.84. The highest BCUT2D eigenvalue weighted by Gasteiger charge is 2.30. The maximum Gasteiger partial charge on any atom is 0.407 e. The van der Waals surface area contributed by atoms with E-state index in [-0.39, 0.29) is 12.8 Å². The van der Waals surface area contributed by atoms with Gasteiger partial charge in [0.25, 0.3) is 0 Å². The molecule has 3 aromatic rings.